The first-order chi connectivity index (χ1) is 9.74. The van der Waals surface area contributed by atoms with Crippen LogP contribution in [0, 0.1) is 31.1 Å². The van der Waals surface area contributed by atoms with E-state index in [-0.39, 0.29) is 17.1 Å². The van der Waals surface area contributed by atoms with Crippen LogP contribution in [0.3, 0.4) is 0 Å². The van der Waals surface area contributed by atoms with Crippen LogP contribution in [0.5, 0.6) is 0 Å². The van der Waals surface area contributed by atoms with Crippen molar-refractivity contribution in [3.63, 3.8) is 0 Å². The van der Waals surface area contributed by atoms with Crippen LogP contribution in [0.2, 0.25) is 0 Å². The van der Waals surface area contributed by atoms with Crippen LogP contribution in [0.1, 0.15) is 57.5 Å². The molecule has 1 heterocycles. The maximum atomic E-state index is 12.4. The van der Waals surface area contributed by atoms with Crippen LogP contribution < -0.4 is 11.4 Å². The Hall–Kier alpha value is -1.16. The highest BCUT2D eigenvalue weighted by Gasteiger charge is 2.37. The second-order valence-electron chi connectivity index (χ2n) is 7.63. The summed E-state index contributed by atoms with van der Waals surface area (Å²) >= 11 is 0. The third kappa shape index (κ3) is 3.37. The molecule has 1 aliphatic carbocycles. The van der Waals surface area contributed by atoms with E-state index in [1.54, 1.807) is 0 Å². The van der Waals surface area contributed by atoms with Crippen molar-refractivity contribution in [1.29, 1.82) is 0 Å². The van der Waals surface area contributed by atoms with Gasteiger partial charge in [-0.3, -0.25) is 4.57 Å². The van der Waals surface area contributed by atoms with E-state index in [2.05, 4.69) is 25.8 Å². The minimum atomic E-state index is -0.120. The van der Waals surface area contributed by atoms with Gasteiger partial charge in [0.05, 0.1) is 0 Å². The average Bonchev–Trinajstić information content (AvgIpc) is 2.36. The molecule has 4 heteroatoms. The maximum Gasteiger partial charge on any atom is 0.348 e. The predicted molar refractivity (Wildman–Crippen MR) is 86.3 cm³/mol. The fraction of sp³-hybridized carbons (Fsp3) is 0.765. The molecule has 1 fully saturated rings. The number of aromatic nitrogens is 2. The number of nitrogens with two attached hydrogens (primary N) is 1. The van der Waals surface area contributed by atoms with E-state index in [1.807, 2.05) is 24.5 Å². The minimum absolute atomic E-state index is 0.120. The Labute approximate surface area is 127 Å². The molecule has 2 N–H and O–H groups in total. The van der Waals surface area contributed by atoms with Crippen molar-refractivity contribution in [2.24, 2.45) is 23.0 Å². The van der Waals surface area contributed by atoms with Gasteiger partial charge in [0, 0.05) is 17.4 Å². The minimum Gasteiger partial charge on any atom is -0.330 e. The predicted octanol–water partition coefficient (Wildman–Crippen LogP) is 2.82. The van der Waals surface area contributed by atoms with E-state index >= 15 is 0 Å². The second-order valence-corrected chi connectivity index (χ2v) is 7.63. The second kappa shape index (κ2) is 5.91. The molecule has 0 radical (unpaired) electrons. The van der Waals surface area contributed by atoms with Crippen LogP contribution in [-0.4, -0.2) is 16.1 Å². The van der Waals surface area contributed by atoms with Crippen molar-refractivity contribution in [2.45, 2.75) is 59.9 Å². The zero-order valence-electron chi connectivity index (χ0n) is 14.0. The highest BCUT2D eigenvalue weighted by atomic mass is 16.1. The van der Waals surface area contributed by atoms with Gasteiger partial charge in [-0.1, -0.05) is 20.8 Å². The molecule has 1 aliphatic rings. The summed E-state index contributed by atoms with van der Waals surface area (Å²) < 4.78 is 1.89. The van der Waals surface area contributed by atoms with Crippen molar-refractivity contribution in [2.75, 3.05) is 6.54 Å². The Bertz CT molecular complexity index is 556. The molecule has 1 saturated carbocycles. The van der Waals surface area contributed by atoms with Crippen molar-refractivity contribution in [1.82, 2.24) is 9.55 Å². The normalized spacial score (nSPS) is 26.9. The van der Waals surface area contributed by atoms with E-state index in [0.717, 1.165) is 24.2 Å². The van der Waals surface area contributed by atoms with Crippen LogP contribution in [0.4, 0.5) is 0 Å². The van der Waals surface area contributed by atoms with Crippen LogP contribution >= 0.6 is 0 Å². The van der Waals surface area contributed by atoms with Crippen LogP contribution in [-0.2, 0) is 0 Å². The summed E-state index contributed by atoms with van der Waals surface area (Å²) in [4.78, 5) is 16.5. The lowest BCUT2D eigenvalue weighted by molar-refractivity contribution is 0.102. The summed E-state index contributed by atoms with van der Waals surface area (Å²) in [6.45, 7) is 11.4. The molecule has 2 rings (SSSR count). The van der Waals surface area contributed by atoms with Gasteiger partial charge in [-0.25, -0.2) is 4.79 Å². The first-order valence-electron chi connectivity index (χ1n) is 8.01. The highest BCUT2D eigenvalue weighted by Crippen LogP contribution is 2.44. The number of aryl methyl sites for hydroxylation is 2. The van der Waals surface area contributed by atoms with Crippen molar-refractivity contribution < 1.29 is 0 Å². The SMILES string of the molecule is Cc1cc(C)n(C2CC(C(C)(C)C)CCC2CN)c(=O)n1. The smallest absolute Gasteiger partial charge is 0.330 e. The van der Waals surface area contributed by atoms with Gasteiger partial charge in [0.25, 0.3) is 0 Å². The molecule has 0 saturated heterocycles. The van der Waals surface area contributed by atoms with E-state index < -0.39 is 0 Å². The van der Waals surface area contributed by atoms with Gasteiger partial charge in [0.2, 0.25) is 0 Å². The van der Waals surface area contributed by atoms with Crippen molar-refractivity contribution >= 4 is 0 Å². The topological polar surface area (TPSA) is 60.9 Å². The standard InChI is InChI=1S/C17H29N3O/c1-11-8-12(2)20(16(21)19-11)15-9-14(17(3,4)5)7-6-13(15)10-18/h8,13-15H,6-7,9-10,18H2,1-5H3. The zero-order valence-corrected chi connectivity index (χ0v) is 14.0. The summed E-state index contributed by atoms with van der Waals surface area (Å²) in [6, 6.07) is 2.18. The van der Waals surface area contributed by atoms with E-state index in [0.29, 0.717) is 18.4 Å². The molecule has 21 heavy (non-hydrogen) atoms. The monoisotopic (exact) mass is 291 g/mol. The third-order valence-corrected chi connectivity index (χ3v) is 5.09. The lowest BCUT2D eigenvalue weighted by Crippen LogP contribution is -2.41. The molecule has 0 bridgehead atoms. The summed E-state index contributed by atoms with van der Waals surface area (Å²) in [7, 11) is 0. The molecule has 3 unspecified atom stereocenters. The number of nitrogens with zero attached hydrogens (tertiary/aromatic N) is 2. The fourth-order valence-electron chi connectivity index (χ4n) is 3.75. The largest absolute Gasteiger partial charge is 0.348 e. The molecule has 0 amide bonds. The first kappa shape index (κ1) is 16.2. The molecular formula is C17H29N3O. The number of hydrogen-bond acceptors (Lipinski definition) is 3. The molecular weight excluding hydrogens is 262 g/mol. The Morgan fingerprint density at radius 2 is 2.00 bits per heavy atom. The van der Waals surface area contributed by atoms with Gasteiger partial charge >= 0.3 is 5.69 Å². The highest BCUT2D eigenvalue weighted by molar-refractivity contribution is 5.09. The number of hydrogen-bond donors (Lipinski definition) is 1. The van der Waals surface area contributed by atoms with Gasteiger partial charge < -0.3 is 5.73 Å². The lowest BCUT2D eigenvalue weighted by atomic mass is 9.67. The third-order valence-electron chi connectivity index (χ3n) is 5.09. The van der Waals surface area contributed by atoms with Crippen LogP contribution in [0.25, 0.3) is 0 Å². The van der Waals surface area contributed by atoms with Gasteiger partial charge in [0.15, 0.2) is 0 Å². The summed E-state index contributed by atoms with van der Waals surface area (Å²) in [5.41, 5.74) is 7.93. The van der Waals surface area contributed by atoms with E-state index in [1.165, 1.54) is 6.42 Å². The lowest BCUT2D eigenvalue weighted by Gasteiger charge is -2.42. The Balaban J connectivity index is 2.41. The zero-order chi connectivity index (χ0) is 15.8. The first-order valence-corrected chi connectivity index (χ1v) is 8.01. The molecule has 0 spiro atoms. The van der Waals surface area contributed by atoms with Crippen molar-refractivity contribution in [3.8, 4) is 0 Å². The summed E-state index contributed by atoms with van der Waals surface area (Å²) in [5.74, 6) is 1.00. The Morgan fingerprint density at radius 3 is 2.52 bits per heavy atom. The molecule has 0 aromatic carbocycles. The molecule has 118 valence electrons. The molecule has 1 aromatic heterocycles. The van der Waals surface area contributed by atoms with Crippen LogP contribution in [0.15, 0.2) is 10.9 Å². The number of rotatable bonds is 2. The van der Waals surface area contributed by atoms with Gasteiger partial charge in [0.1, 0.15) is 0 Å². The molecule has 3 atom stereocenters. The van der Waals surface area contributed by atoms with Gasteiger partial charge in [-0.05, 0) is 63.0 Å². The molecule has 1 aromatic rings. The Kier molecular flexibility index (Phi) is 4.57. The summed E-state index contributed by atoms with van der Waals surface area (Å²) in [6.07, 6.45) is 3.33. The summed E-state index contributed by atoms with van der Waals surface area (Å²) in [5, 5.41) is 0. The average molecular weight is 291 g/mol. The Morgan fingerprint density at radius 1 is 1.33 bits per heavy atom. The van der Waals surface area contributed by atoms with E-state index in [4.69, 9.17) is 5.73 Å². The van der Waals surface area contributed by atoms with Gasteiger partial charge in [-0.2, -0.15) is 4.98 Å². The quantitative estimate of drug-likeness (QED) is 0.911. The molecule has 4 nitrogen and oxygen atoms in total. The maximum absolute atomic E-state index is 12.4. The van der Waals surface area contributed by atoms with Crippen molar-refractivity contribution in [3.05, 3.63) is 27.9 Å². The molecule has 0 aliphatic heterocycles. The fourth-order valence-corrected chi connectivity index (χ4v) is 3.75. The van der Waals surface area contributed by atoms with Gasteiger partial charge in [-0.15, -0.1) is 0 Å². The van der Waals surface area contributed by atoms with E-state index in [9.17, 15) is 4.79 Å².